The van der Waals surface area contributed by atoms with Gasteiger partial charge in [-0.2, -0.15) is 0 Å². The van der Waals surface area contributed by atoms with Crippen LogP contribution in [0.25, 0.3) is 0 Å². The van der Waals surface area contributed by atoms with Crippen molar-refractivity contribution in [2.75, 3.05) is 12.8 Å². The smallest absolute Gasteiger partial charge is 0.404 e. The maximum absolute atomic E-state index is 10.8. The molecule has 6 nitrogen and oxygen atoms in total. The number of amides is 1. The quantitative estimate of drug-likeness (QED) is 0.563. The van der Waals surface area contributed by atoms with Gasteiger partial charge in [0.1, 0.15) is 0 Å². The monoisotopic (exact) mass is 250 g/mol. The van der Waals surface area contributed by atoms with Crippen molar-refractivity contribution in [1.29, 1.82) is 0 Å². The van der Waals surface area contributed by atoms with Gasteiger partial charge < -0.3 is 16.2 Å². The van der Waals surface area contributed by atoms with E-state index >= 15 is 0 Å². The van der Waals surface area contributed by atoms with Gasteiger partial charge in [0.05, 0.1) is 0 Å². The fourth-order valence-electron chi connectivity index (χ4n) is 1.04. The lowest BCUT2D eigenvalue weighted by molar-refractivity contribution is 0.194. The standard InChI is InChI=1S/C9H18N2O4S/c1-16(14,15)7-5-8(10)4-2-3-6-11-9(12)13/h5,7-8,11H,2-4,6,10H2,1H3,(H,12,13). The van der Waals surface area contributed by atoms with E-state index in [0.29, 0.717) is 19.4 Å². The predicted molar refractivity (Wildman–Crippen MR) is 61.8 cm³/mol. The van der Waals surface area contributed by atoms with E-state index in [1.54, 1.807) is 0 Å². The molecule has 0 rings (SSSR count). The molecular formula is C9H18N2O4S. The highest BCUT2D eigenvalue weighted by Gasteiger charge is 2.00. The molecule has 1 unspecified atom stereocenters. The van der Waals surface area contributed by atoms with E-state index < -0.39 is 15.9 Å². The largest absolute Gasteiger partial charge is 0.465 e. The van der Waals surface area contributed by atoms with E-state index in [9.17, 15) is 13.2 Å². The van der Waals surface area contributed by atoms with Crippen LogP contribution >= 0.6 is 0 Å². The van der Waals surface area contributed by atoms with Crippen molar-refractivity contribution in [2.24, 2.45) is 5.73 Å². The summed E-state index contributed by atoms with van der Waals surface area (Å²) in [6, 6.07) is -0.306. The molecule has 0 saturated heterocycles. The van der Waals surface area contributed by atoms with Crippen LogP contribution in [-0.4, -0.2) is 38.5 Å². The summed E-state index contributed by atoms with van der Waals surface area (Å²) in [7, 11) is -3.12. The number of hydrogen-bond donors (Lipinski definition) is 3. The first-order valence-electron chi connectivity index (χ1n) is 4.92. The maximum Gasteiger partial charge on any atom is 0.404 e. The Morgan fingerprint density at radius 1 is 1.50 bits per heavy atom. The molecule has 0 radical (unpaired) electrons. The first-order chi connectivity index (χ1) is 7.31. The number of unbranched alkanes of at least 4 members (excludes halogenated alkanes) is 1. The molecule has 0 aliphatic rings. The number of carboxylic acid groups (broad SMARTS) is 1. The first-order valence-corrected chi connectivity index (χ1v) is 6.87. The summed E-state index contributed by atoms with van der Waals surface area (Å²) in [4.78, 5) is 10.1. The first kappa shape index (κ1) is 14.9. The summed E-state index contributed by atoms with van der Waals surface area (Å²) in [5.74, 6) is 0. The molecule has 0 aromatic heterocycles. The summed E-state index contributed by atoms with van der Waals surface area (Å²) in [6.45, 7) is 0.387. The zero-order valence-electron chi connectivity index (χ0n) is 9.22. The minimum absolute atomic E-state index is 0.306. The third-order valence-electron chi connectivity index (χ3n) is 1.81. The van der Waals surface area contributed by atoms with Crippen LogP contribution in [0.1, 0.15) is 19.3 Å². The van der Waals surface area contributed by atoms with Crippen LogP contribution in [0, 0.1) is 0 Å². The Hall–Kier alpha value is -1.08. The van der Waals surface area contributed by atoms with Gasteiger partial charge in [-0.1, -0.05) is 6.08 Å². The van der Waals surface area contributed by atoms with Crippen LogP contribution in [0.2, 0.25) is 0 Å². The van der Waals surface area contributed by atoms with Crippen LogP contribution in [0.15, 0.2) is 11.5 Å². The third-order valence-corrected chi connectivity index (χ3v) is 2.46. The summed E-state index contributed by atoms with van der Waals surface area (Å²) < 4.78 is 21.5. The van der Waals surface area contributed by atoms with Crippen LogP contribution < -0.4 is 11.1 Å². The lowest BCUT2D eigenvalue weighted by Gasteiger charge is -2.05. The molecule has 1 atom stereocenters. The van der Waals surface area contributed by atoms with E-state index in [1.165, 1.54) is 6.08 Å². The van der Waals surface area contributed by atoms with Crippen molar-refractivity contribution in [3.63, 3.8) is 0 Å². The van der Waals surface area contributed by atoms with Crippen molar-refractivity contribution in [3.05, 3.63) is 11.5 Å². The molecule has 0 heterocycles. The number of sulfone groups is 1. The molecule has 16 heavy (non-hydrogen) atoms. The van der Waals surface area contributed by atoms with Gasteiger partial charge in [-0.25, -0.2) is 13.2 Å². The highest BCUT2D eigenvalue weighted by molar-refractivity contribution is 7.93. The molecular weight excluding hydrogens is 232 g/mol. The van der Waals surface area contributed by atoms with Crippen molar-refractivity contribution >= 4 is 15.9 Å². The Kier molecular flexibility index (Phi) is 6.75. The van der Waals surface area contributed by atoms with Crippen molar-refractivity contribution in [1.82, 2.24) is 5.32 Å². The van der Waals surface area contributed by atoms with E-state index in [1.807, 2.05) is 0 Å². The molecule has 7 heteroatoms. The molecule has 0 saturated carbocycles. The molecule has 4 N–H and O–H groups in total. The maximum atomic E-state index is 10.8. The highest BCUT2D eigenvalue weighted by atomic mass is 32.2. The van der Waals surface area contributed by atoms with Gasteiger partial charge in [-0.05, 0) is 19.3 Å². The normalized spacial score (nSPS) is 13.9. The Morgan fingerprint density at radius 2 is 2.12 bits per heavy atom. The molecule has 0 fully saturated rings. The Bertz CT molecular complexity index is 337. The number of carbonyl (C=O) groups is 1. The van der Waals surface area contributed by atoms with E-state index in [-0.39, 0.29) is 6.04 Å². The molecule has 0 spiro atoms. The van der Waals surface area contributed by atoms with Crippen LogP contribution in [-0.2, 0) is 9.84 Å². The van der Waals surface area contributed by atoms with Crippen molar-refractivity contribution in [2.45, 2.75) is 25.3 Å². The van der Waals surface area contributed by atoms with Crippen molar-refractivity contribution < 1.29 is 18.3 Å². The van der Waals surface area contributed by atoms with E-state index in [4.69, 9.17) is 10.8 Å². The summed E-state index contributed by atoms with van der Waals surface area (Å²) in [5.41, 5.74) is 5.63. The van der Waals surface area contributed by atoms with Gasteiger partial charge >= 0.3 is 6.09 Å². The van der Waals surface area contributed by atoms with E-state index in [0.717, 1.165) is 18.1 Å². The molecule has 1 amide bonds. The highest BCUT2D eigenvalue weighted by Crippen LogP contribution is 2.00. The van der Waals surface area contributed by atoms with Gasteiger partial charge in [0.25, 0.3) is 0 Å². The summed E-state index contributed by atoms with van der Waals surface area (Å²) >= 11 is 0. The molecule has 0 bridgehead atoms. The second-order valence-corrected chi connectivity index (χ2v) is 5.48. The van der Waals surface area contributed by atoms with Crippen LogP contribution in [0.3, 0.4) is 0 Å². The molecule has 0 aromatic carbocycles. The Morgan fingerprint density at radius 3 is 2.62 bits per heavy atom. The van der Waals surface area contributed by atoms with Gasteiger partial charge in [0.15, 0.2) is 9.84 Å². The van der Waals surface area contributed by atoms with Gasteiger partial charge in [0, 0.05) is 24.3 Å². The minimum Gasteiger partial charge on any atom is -0.465 e. The Balaban J connectivity index is 3.63. The average molecular weight is 250 g/mol. The lowest BCUT2D eigenvalue weighted by atomic mass is 10.1. The number of rotatable bonds is 7. The molecule has 0 aliphatic heterocycles. The second-order valence-electron chi connectivity index (χ2n) is 3.55. The van der Waals surface area contributed by atoms with Crippen LogP contribution in [0.5, 0.6) is 0 Å². The number of hydrogen-bond acceptors (Lipinski definition) is 4. The average Bonchev–Trinajstić information content (AvgIpc) is 2.12. The zero-order chi connectivity index (χ0) is 12.6. The van der Waals surface area contributed by atoms with Gasteiger partial charge in [-0.3, -0.25) is 0 Å². The molecule has 0 aromatic rings. The van der Waals surface area contributed by atoms with Crippen LogP contribution in [0.4, 0.5) is 4.79 Å². The fourth-order valence-corrected chi connectivity index (χ4v) is 1.53. The van der Waals surface area contributed by atoms with Crippen molar-refractivity contribution in [3.8, 4) is 0 Å². The molecule has 0 aliphatic carbocycles. The van der Waals surface area contributed by atoms with Gasteiger partial charge in [0.2, 0.25) is 0 Å². The minimum atomic E-state index is -3.12. The zero-order valence-corrected chi connectivity index (χ0v) is 10.0. The lowest BCUT2D eigenvalue weighted by Crippen LogP contribution is -2.22. The number of nitrogens with one attached hydrogen (secondary N) is 1. The fraction of sp³-hybridized carbons (Fsp3) is 0.667. The van der Waals surface area contributed by atoms with Gasteiger partial charge in [-0.15, -0.1) is 0 Å². The summed E-state index contributed by atoms with van der Waals surface area (Å²) in [5, 5.41) is 11.6. The SMILES string of the molecule is CS(=O)(=O)C=CC(N)CCCCNC(=O)O. The second kappa shape index (κ2) is 7.24. The van der Waals surface area contributed by atoms with E-state index in [2.05, 4.69) is 5.32 Å². The third kappa shape index (κ3) is 11.0. The predicted octanol–water partition coefficient (Wildman–Crippen LogP) is 0.310. The molecule has 94 valence electrons. The Labute approximate surface area is 95.4 Å². The number of nitrogens with two attached hydrogens (primary N) is 1. The summed E-state index contributed by atoms with van der Waals surface area (Å²) in [6.07, 6.45) is 3.57. The topological polar surface area (TPSA) is 109 Å².